The van der Waals surface area contributed by atoms with E-state index in [-0.39, 0.29) is 0 Å². The zero-order valence-electron chi connectivity index (χ0n) is 10.3. The third-order valence-corrected chi connectivity index (χ3v) is 2.63. The summed E-state index contributed by atoms with van der Waals surface area (Å²) < 4.78 is 5.68. The van der Waals surface area contributed by atoms with E-state index in [0.29, 0.717) is 29.3 Å². The van der Waals surface area contributed by atoms with Crippen LogP contribution in [0.15, 0.2) is 24.4 Å². The quantitative estimate of drug-likeness (QED) is 0.730. The number of aromatic nitrogens is 5. The number of ether oxygens (including phenoxy) is 1. The molecule has 0 spiro atoms. The fourth-order valence-corrected chi connectivity index (χ4v) is 1.67. The van der Waals surface area contributed by atoms with Gasteiger partial charge >= 0.3 is 0 Å². The molecule has 0 saturated heterocycles. The van der Waals surface area contributed by atoms with Gasteiger partial charge in [0.15, 0.2) is 11.3 Å². The maximum absolute atomic E-state index is 5.68. The van der Waals surface area contributed by atoms with Crippen molar-refractivity contribution in [3.8, 4) is 5.75 Å². The number of nitrogens with zero attached hydrogens (tertiary/aromatic N) is 4. The summed E-state index contributed by atoms with van der Waals surface area (Å²) in [5.41, 5.74) is 8.62. The van der Waals surface area contributed by atoms with E-state index in [4.69, 9.17) is 10.5 Å². The Labute approximate surface area is 108 Å². The van der Waals surface area contributed by atoms with Gasteiger partial charge in [0.25, 0.3) is 0 Å². The molecule has 0 aliphatic rings. The molecule has 0 saturated carbocycles. The maximum Gasteiger partial charge on any atom is 0.207 e. The van der Waals surface area contributed by atoms with Gasteiger partial charge in [0.2, 0.25) is 5.65 Å². The van der Waals surface area contributed by atoms with Crippen LogP contribution >= 0.6 is 0 Å². The third-order valence-electron chi connectivity index (χ3n) is 2.63. The van der Waals surface area contributed by atoms with Crippen molar-refractivity contribution in [2.75, 3.05) is 5.73 Å². The molecule has 7 heteroatoms. The summed E-state index contributed by atoms with van der Waals surface area (Å²) in [6.45, 7) is 2.33. The van der Waals surface area contributed by atoms with E-state index in [1.807, 2.05) is 19.1 Å². The molecule has 0 atom stereocenters. The van der Waals surface area contributed by atoms with Gasteiger partial charge in [-0.2, -0.15) is 10.3 Å². The number of pyridine rings is 2. The predicted octanol–water partition coefficient (Wildman–Crippen LogP) is 1.22. The van der Waals surface area contributed by atoms with Crippen LogP contribution in [0.3, 0.4) is 0 Å². The van der Waals surface area contributed by atoms with Crippen LogP contribution < -0.4 is 10.5 Å². The number of hydrogen-bond acceptors (Lipinski definition) is 6. The fraction of sp³-hybridized carbons (Fsp3) is 0.167. The highest BCUT2D eigenvalue weighted by Crippen LogP contribution is 2.23. The molecule has 3 aromatic rings. The second-order valence-electron chi connectivity index (χ2n) is 4.16. The van der Waals surface area contributed by atoms with Gasteiger partial charge in [0.1, 0.15) is 12.4 Å². The number of anilines is 1. The highest BCUT2D eigenvalue weighted by Gasteiger charge is 2.09. The number of aromatic amines is 1. The fourth-order valence-electron chi connectivity index (χ4n) is 1.67. The Morgan fingerprint density at radius 1 is 1.32 bits per heavy atom. The molecule has 96 valence electrons. The number of rotatable bonds is 3. The normalized spacial score (nSPS) is 10.8. The molecule has 3 aromatic heterocycles. The van der Waals surface area contributed by atoms with Gasteiger partial charge in [-0.15, -0.1) is 5.10 Å². The third kappa shape index (κ3) is 2.30. The first-order chi connectivity index (χ1) is 9.22. The van der Waals surface area contributed by atoms with E-state index in [1.165, 1.54) is 0 Å². The van der Waals surface area contributed by atoms with Crippen LogP contribution in [0, 0.1) is 6.92 Å². The molecule has 19 heavy (non-hydrogen) atoms. The molecule has 0 radical (unpaired) electrons. The summed E-state index contributed by atoms with van der Waals surface area (Å²) in [7, 11) is 0. The first-order valence-corrected chi connectivity index (χ1v) is 5.74. The zero-order chi connectivity index (χ0) is 13.2. The van der Waals surface area contributed by atoms with Crippen LogP contribution in [-0.4, -0.2) is 25.4 Å². The number of hydrogen-bond donors (Lipinski definition) is 2. The summed E-state index contributed by atoms with van der Waals surface area (Å²) in [5, 5.41) is 10.4. The van der Waals surface area contributed by atoms with Crippen molar-refractivity contribution in [2.45, 2.75) is 13.5 Å². The topological polar surface area (TPSA) is 103 Å². The lowest BCUT2D eigenvalue weighted by Gasteiger charge is -2.06. The number of nitrogens with two attached hydrogens (primary N) is 1. The Kier molecular flexibility index (Phi) is 2.71. The minimum absolute atomic E-state index is 0.339. The highest BCUT2D eigenvalue weighted by molar-refractivity contribution is 5.78. The molecule has 0 amide bonds. The zero-order valence-corrected chi connectivity index (χ0v) is 10.3. The number of aryl methyl sites for hydroxylation is 1. The molecular formula is C12H12N6O. The molecule has 0 aromatic carbocycles. The van der Waals surface area contributed by atoms with Crippen LogP contribution in [-0.2, 0) is 6.61 Å². The average Bonchev–Trinajstić information content (AvgIpc) is 2.85. The molecule has 3 N–H and O–H groups in total. The van der Waals surface area contributed by atoms with Crippen molar-refractivity contribution in [2.24, 2.45) is 0 Å². The van der Waals surface area contributed by atoms with Crippen LogP contribution in [0.2, 0.25) is 0 Å². The van der Waals surface area contributed by atoms with E-state index in [2.05, 4.69) is 25.4 Å². The van der Waals surface area contributed by atoms with Gasteiger partial charge in [-0.1, -0.05) is 6.07 Å². The van der Waals surface area contributed by atoms with Gasteiger partial charge in [-0.05, 0) is 18.6 Å². The summed E-state index contributed by atoms with van der Waals surface area (Å²) in [6.07, 6.45) is 1.80. The van der Waals surface area contributed by atoms with E-state index < -0.39 is 0 Å². The Balaban J connectivity index is 1.85. The van der Waals surface area contributed by atoms with E-state index in [1.54, 1.807) is 12.3 Å². The molecule has 3 rings (SSSR count). The van der Waals surface area contributed by atoms with Crippen LogP contribution in [0.1, 0.15) is 11.3 Å². The van der Waals surface area contributed by atoms with E-state index >= 15 is 0 Å². The van der Waals surface area contributed by atoms with Crippen LogP contribution in [0.25, 0.3) is 11.2 Å². The first kappa shape index (κ1) is 11.4. The molecule has 0 bridgehead atoms. The Morgan fingerprint density at radius 2 is 2.21 bits per heavy atom. The van der Waals surface area contributed by atoms with Crippen molar-refractivity contribution in [3.05, 3.63) is 35.7 Å². The predicted molar refractivity (Wildman–Crippen MR) is 69.4 cm³/mol. The summed E-state index contributed by atoms with van der Waals surface area (Å²) in [6, 6.07) is 5.53. The lowest BCUT2D eigenvalue weighted by Crippen LogP contribution is -2.00. The van der Waals surface area contributed by atoms with Gasteiger partial charge < -0.3 is 10.5 Å². The summed E-state index contributed by atoms with van der Waals surface area (Å²) in [5.74, 6) is 0.881. The monoisotopic (exact) mass is 256 g/mol. The van der Waals surface area contributed by atoms with Gasteiger partial charge in [0.05, 0.1) is 5.69 Å². The molecule has 0 aliphatic carbocycles. The SMILES string of the molecule is Cc1ccc(COc2cc(N)nc3n[nH]nc23)nc1. The summed E-state index contributed by atoms with van der Waals surface area (Å²) >= 11 is 0. The van der Waals surface area contributed by atoms with Gasteiger partial charge in [-0.25, -0.2) is 4.98 Å². The standard InChI is InChI=1S/C12H12N6O/c1-7-2-3-8(14-5-7)6-19-9-4-10(13)15-12-11(9)16-18-17-12/h2-5H,6H2,1H3,(H3,13,15,16,17,18). The second kappa shape index (κ2) is 4.52. The van der Waals surface area contributed by atoms with Gasteiger partial charge in [0, 0.05) is 12.3 Å². The number of nitrogen functional groups attached to an aromatic ring is 1. The number of nitrogens with one attached hydrogen (secondary N) is 1. The van der Waals surface area contributed by atoms with Gasteiger partial charge in [-0.3, -0.25) is 4.98 Å². The van der Waals surface area contributed by atoms with E-state index in [0.717, 1.165) is 11.3 Å². The van der Waals surface area contributed by atoms with Crippen molar-refractivity contribution in [1.82, 2.24) is 25.4 Å². The first-order valence-electron chi connectivity index (χ1n) is 5.74. The van der Waals surface area contributed by atoms with Crippen LogP contribution in [0.4, 0.5) is 5.82 Å². The highest BCUT2D eigenvalue weighted by atomic mass is 16.5. The minimum atomic E-state index is 0.339. The second-order valence-corrected chi connectivity index (χ2v) is 4.16. The Hall–Kier alpha value is -2.70. The van der Waals surface area contributed by atoms with Crippen molar-refractivity contribution in [1.29, 1.82) is 0 Å². The summed E-state index contributed by atoms with van der Waals surface area (Å²) in [4.78, 5) is 8.31. The molecular weight excluding hydrogens is 244 g/mol. The molecule has 0 aliphatic heterocycles. The lowest BCUT2D eigenvalue weighted by atomic mass is 10.3. The smallest absolute Gasteiger partial charge is 0.207 e. The Morgan fingerprint density at radius 3 is 3.00 bits per heavy atom. The van der Waals surface area contributed by atoms with Crippen molar-refractivity contribution < 1.29 is 4.74 Å². The molecule has 3 heterocycles. The van der Waals surface area contributed by atoms with Crippen molar-refractivity contribution >= 4 is 17.0 Å². The largest absolute Gasteiger partial charge is 0.485 e. The minimum Gasteiger partial charge on any atom is -0.485 e. The van der Waals surface area contributed by atoms with Crippen molar-refractivity contribution in [3.63, 3.8) is 0 Å². The molecule has 0 fully saturated rings. The lowest BCUT2D eigenvalue weighted by molar-refractivity contribution is 0.304. The Bertz CT molecular complexity index is 706. The number of fused-ring (bicyclic) bond motifs is 1. The number of H-pyrrole nitrogens is 1. The molecule has 7 nitrogen and oxygen atoms in total. The van der Waals surface area contributed by atoms with Crippen LogP contribution in [0.5, 0.6) is 5.75 Å². The maximum atomic E-state index is 5.68. The van der Waals surface area contributed by atoms with E-state index in [9.17, 15) is 0 Å². The molecule has 0 unspecified atom stereocenters. The average molecular weight is 256 g/mol.